The molecule has 36 heavy (non-hydrogen) atoms. The van der Waals surface area contributed by atoms with Crippen molar-refractivity contribution in [1.82, 2.24) is 19.4 Å². The van der Waals surface area contributed by atoms with Crippen molar-refractivity contribution in [3.05, 3.63) is 95.4 Å². The molecule has 4 aromatic rings. The van der Waals surface area contributed by atoms with Crippen LogP contribution in [0.4, 0.5) is 0 Å². The third kappa shape index (κ3) is 5.38. The van der Waals surface area contributed by atoms with Gasteiger partial charge in [0.05, 0.1) is 25.5 Å². The first-order valence-electron chi connectivity index (χ1n) is 11.8. The first-order valence-corrected chi connectivity index (χ1v) is 11.8. The van der Waals surface area contributed by atoms with Crippen LogP contribution in [0.15, 0.2) is 71.6 Å². The monoisotopic (exact) mass is 482 g/mol. The second-order valence-corrected chi connectivity index (χ2v) is 8.54. The smallest absolute Gasteiger partial charge is 0.254 e. The van der Waals surface area contributed by atoms with E-state index in [-0.39, 0.29) is 5.91 Å². The predicted molar refractivity (Wildman–Crippen MR) is 133 cm³/mol. The summed E-state index contributed by atoms with van der Waals surface area (Å²) >= 11 is 0. The first-order chi connectivity index (χ1) is 17.6. The van der Waals surface area contributed by atoms with E-state index in [1.54, 1.807) is 25.6 Å². The highest BCUT2D eigenvalue weighted by Gasteiger charge is 2.18. The fraction of sp³-hybridized carbons (Fsp3) is 0.250. The molecule has 1 fully saturated rings. The van der Waals surface area contributed by atoms with Gasteiger partial charge in [-0.1, -0.05) is 11.8 Å². The first kappa shape index (κ1) is 23.5. The van der Waals surface area contributed by atoms with Gasteiger partial charge in [-0.2, -0.15) is 0 Å². The highest BCUT2D eigenvalue weighted by molar-refractivity contribution is 5.94. The van der Waals surface area contributed by atoms with Crippen LogP contribution in [-0.2, 0) is 11.3 Å². The Hall–Kier alpha value is -4.19. The predicted octanol–water partition coefficient (Wildman–Crippen LogP) is 3.51. The largest absolute Gasteiger partial charge is 0.444 e. The molecular weight excluding hydrogens is 456 g/mol. The van der Waals surface area contributed by atoms with Gasteiger partial charge in [-0.15, -0.1) is 0 Å². The maximum absolute atomic E-state index is 12.6. The summed E-state index contributed by atoms with van der Waals surface area (Å²) in [6.45, 7) is 4.56. The molecule has 1 aliphatic rings. The van der Waals surface area contributed by atoms with Crippen molar-refractivity contribution in [3.8, 4) is 23.3 Å². The molecule has 8 nitrogen and oxygen atoms in total. The molecule has 1 aliphatic heterocycles. The molecule has 1 atom stereocenters. The average molecular weight is 483 g/mol. The molecule has 5 rings (SSSR count). The van der Waals surface area contributed by atoms with E-state index >= 15 is 0 Å². The lowest BCUT2D eigenvalue weighted by molar-refractivity contribution is 0.0303. The van der Waals surface area contributed by atoms with E-state index < -0.39 is 6.10 Å². The van der Waals surface area contributed by atoms with Crippen molar-refractivity contribution in [2.75, 3.05) is 26.3 Å². The number of benzene rings is 2. The molecule has 1 saturated heterocycles. The number of aliphatic hydroxyl groups is 1. The van der Waals surface area contributed by atoms with Crippen molar-refractivity contribution in [3.63, 3.8) is 0 Å². The molecule has 3 heterocycles. The summed E-state index contributed by atoms with van der Waals surface area (Å²) in [5.74, 6) is 7.43. The number of carbonyl (C=O) groups excluding carboxylic acids is 1. The van der Waals surface area contributed by atoms with Crippen LogP contribution in [-0.4, -0.2) is 56.8 Å². The van der Waals surface area contributed by atoms with Crippen LogP contribution in [0.5, 0.6) is 0 Å². The molecule has 2 aromatic carbocycles. The molecule has 0 spiro atoms. The van der Waals surface area contributed by atoms with Gasteiger partial charge >= 0.3 is 0 Å². The highest BCUT2D eigenvalue weighted by Crippen LogP contribution is 2.20. The van der Waals surface area contributed by atoms with E-state index in [2.05, 4.69) is 21.8 Å². The van der Waals surface area contributed by atoms with Gasteiger partial charge in [-0.05, 0) is 55.5 Å². The molecule has 1 amide bonds. The van der Waals surface area contributed by atoms with Gasteiger partial charge in [-0.25, -0.2) is 9.97 Å². The number of oxazole rings is 1. The number of carbonyl (C=O) groups is 1. The van der Waals surface area contributed by atoms with Crippen LogP contribution in [0.2, 0.25) is 0 Å². The van der Waals surface area contributed by atoms with Gasteiger partial charge in [0.25, 0.3) is 5.91 Å². The summed E-state index contributed by atoms with van der Waals surface area (Å²) in [5, 5.41) is 9.82. The van der Waals surface area contributed by atoms with Gasteiger partial charge < -0.3 is 23.7 Å². The lowest BCUT2D eigenvalue weighted by atomic mass is 10.1. The number of morpholine rings is 1. The van der Waals surface area contributed by atoms with Crippen molar-refractivity contribution < 1.29 is 19.1 Å². The Bertz CT molecular complexity index is 1390. The molecule has 182 valence electrons. The molecule has 8 heteroatoms. The lowest BCUT2D eigenvalue weighted by Crippen LogP contribution is -2.40. The fourth-order valence-corrected chi connectivity index (χ4v) is 3.99. The van der Waals surface area contributed by atoms with Crippen molar-refractivity contribution in [1.29, 1.82) is 0 Å². The molecule has 0 radical (unpaired) electrons. The number of hydrogen-bond acceptors (Lipinski definition) is 6. The van der Waals surface area contributed by atoms with E-state index in [0.29, 0.717) is 50.1 Å². The third-order valence-corrected chi connectivity index (χ3v) is 5.92. The second kappa shape index (κ2) is 10.6. The summed E-state index contributed by atoms with van der Waals surface area (Å²) < 4.78 is 12.8. The number of rotatable bonds is 5. The van der Waals surface area contributed by atoms with Crippen LogP contribution in [0.3, 0.4) is 0 Å². The summed E-state index contributed by atoms with van der Waals surface area (Å²) in [4.78, 5) is 23.1. The van der Waals surface area contributed by atoms with Gasteiger partial charge in [0.1, 0.15) is 18.2 Å². The normalized spacial score (nSPS) is 14.2. The van der Waals surface area contributed by atoms with Gasteiger partial charge in [0.2, 0.25) is 5.89 Å². The Labute approximate surface area is 209 Å². The summed E-state index contributed by atoms with van der Waals surface area (Å²) in [5.41, 5.74) is 3.95. The molecule has 0 bridgehead atoms. The fourth-order valence-electron chi connectivity index (χ4n) is 3.99. The Morgan fingerprint density at radius 2 is 1.72 bits per heavy atom. The Kier molecular flexibility index (Phi) is 6.94. The summed E-state index contributed by atoms with van der Waals surface area (Å²) in [6.07, 6.45) is 4.42. The maximum atomic E-state index is 12.6. The molecule has 2 aromatic heterocycles. The van der Waals surface area contributed by atoms with Gasteiger partial charge in [-0.3, -0.25) is 4.79 Å². The maximum Gasteiger partial charge on any atom is 0.254 e. The lowest BCUT2D eigenvalue weighted by Gasteiger charge is -2.26. The number of nitrogens with zero attached hydrogens (tertiary/aromatic N) is 4. The zero-order valence-electron chi connectivity index (χ0n) is 19.9. The summed E-state index contributed by atoms with van der Waals surface area (Å²) in [7, 11) is 0. The SMILES string of the molecule is C[C@H](O)c1nccn1Cc1coc(-c2ccc(C#Cc3ccc(C(=O)N4CCOCC4)cc3)cc2)n1. The van der Waals surface area contributed by atoms with Crippen LogP contribution in [0, 0.1) is 11.8 Å². The van der Waals surface area contributed by atoms with Gasteiger partial charge in [0.15, 0.2) is 0 Å². The quantitative estimate of drug-likeness (QED) is 0.438. The van der Waals surface area contributed by atoms with E-state index in [1.165, 1.54) is 0 Å². The molecule has 1 N–H and O–H groups in total. The molecule has 0 aliphatic carbocycles. The minimum Gasteiger partial charge on any atom is -0.444 e. The van der Waals surface area contributed by atoms with Crippen LogP contribution < -0.4 is 0 Å². The van der Waals surface area contributed by atoms with Crippen molar-refractivity contribution in [2.24, 2.45) is 0 Å². The van der Waals surface area contributed by atoms with E-state index in [9.17, 15) is 9.90 Å². The Morgan fingerprint density at radius 1 is 1.06 bits per heavy atom. The molecule has 0 unspecified atom stereocenters. The second-order valence-electron chi connectivity index (χ2n) is 8.54. The van der Waals surface area contributed by atoms with Gasteiger partial charge in [0, 0.05) is 47.7 Å². The van der Waals surface area contributed by atoms with Crippen LogP contribution >= 0.6 is 0 Å². The van der Waals surface area contributed by atoms with Crippen molar-refractivity contribution in [2.45, 2.75) is 19.6 Å². The Balaban J connectivity index is 1.22. The highest BCUT2D eigenvalue weighted by atomic mass is 16.5. The number of hydrogen-bond donors (Lipinski definition) is 1. The Morgan fingerprint density at radius 3 is 2.39 bits per heavy atom. The van der Waals surface area contributed by atoms with E-state index in [1.807, 2.05) is 58.0 Å². The van der Waals surface area contributed by atoms with E-state index in [0.717, 1.165) is 22.4 Å². The molecule has 0 saturated carbocycles. The number of imidazole rings is 1. The van der Waals surface area contributed by atoms with Crippen LogP contribution in [0.25, 0.3) is 11.5 Å². The third-order valence-electron chi connectivity index (χ3n) is 5.92. The number of aliphatic hydroxyl groups excluding tert-OH is 1. The van der Waals surface area contributed by atoms with Crippen LogP contribution in [0.1, 0.15) is 46.0 Å². The summed E-state index contributed by atoms with van der Waals surface area (Å²) in [6, 6.07) is 15.1. The number of ether oxygens (including phenoxy) is 1. The molecular formula is C28H26N4O4. The van der Waals surface area contributed by atoms with E-state index in [4.69, 9.17) is 9.15 Å². The minimum absolute atomic E-state index is 0.0245. The minimum atomic E-state index is -0.657. The van der Waals surface area contributed by atoms with Crippen molar-refractivity contribution >= 4 is 5.91 Å². The zero-order chi connectivity index (χ0) is 24.9. The zero-order valence-corrected chi connectivity index (χ0v) is 19.9. The average Bonchev–Trinajstić information content (AvgIpc) is 3.58. The topological polar surface area (TPSA) is 93.6 Å². The number of aromatic nitrogens is 3. The number of amides is 1. The standard InChI is InChI=1S/C28H26N4O4/c1-20(33)26-29-12-13-32(26)18-25-19-36-27(30-25)23-8-4-21(5-9-23)2-3-22-6-10-24(11-7-22)28(34)31-14-16-35-17-15-31/h4-13,19-20,33H,14-18H2,1H3/t20-/m0/s1.